The van der Waals surface area contributed by atoms with E-state index in [1.165, 1.54) is 16.8 Å². The van der Waals surface area contributed by atoms with Crippen molar-refractivity contribution in [3.63, 3.8) is 0 Å². The highest BCUT2D eigenvalue weighted by molar-refractivity contribution is 5.95. The lowest BCUT2D eigenvalue weighted by molar-refractivity contribution is -0.145. The van der Waals surface area contributed by atoms with Crippen molar-refractivity contribution in [2.75, 3.05) is 31.2 Å². The number of halogens is 3. The summed E-state index contributed by atoms with van der Waals surface area (Å²) < 4.78 is 45.0. The maximum Gasteiger partial charge on any atom is 0.451 e. The van der Waals surface area contributed by atoms with Crippen LogP contribution in [-0.2, 0) is 10.9 Å². The third-order valence-electron chi connectivity index (χ3n) is 5.70. The number of benzene rings is 1. The fourth-order valence-corrected chi connectivity index (χ4v) is 3.69. The summed E-state index contributed by atoms with van der Waals surface area (Å²) in [4.78, 5) is 35.0. The summed E-state index contributed by atoms with van der Waals surface area (Å²) in [5.41, 5.74) is 2.27. The van der Waals surface area contributed by atoms with Crippen LogP contribution in [0.2, 0.25) is 0 Å². The van der Waals surface area contributed by atoms with E-state index in [1.807, 2.05) is 24.0 Å². The molecule has 0 aliphatic carbocycles. The number of alkyl halides is 3. The zero-order chi connectivity index (χ0) is 25.2. The lowest BCUT2D eigenvalue weighted by atomic mass is 10.1. The molecule has 2 aromatic heterocycles. The van der Waals surface area contributed by atoms with Crippen LogP contribution in [0, 0.1) is 6.92 Å². The number of amides is 1. The average molecular weight is 487 g/mol. The Morgan fingerprint density at radius 2 is 1.74 bits per heavy atom. The summed E-state index contributed by atoms with van der Waals surface area (Å²) in [7, 11) is 0. The second kappa shape index (κ2) is 9.87. The van der Waals surface area contributed by atoms with Gasteiger partial charge >= 0.3 is 6.18 Å². The topological polar surface area (TPSA) is 89.3 Å². The Kier molecular flexibility index (Phi) is 6.88. The van der Waals surface area contributed by atoms with E-state index in [9.17, 15) is 22.8 Å². The van der Waals surface area contributed by atoms with Crippen molar-refractivity contribution < 1.29 is 22.7 Å². The van der Waals surface area contributed by atoms with Gasteiger partial charge in [-0.25, -0.2) is 9.97 Å². The van der Waals surface area contributed by atoms with Crippen molar-refractivity contribution in [1.82, 2.24) is 19.9 Å². The molecule has 0 spiro atoms. The first-order valence-corrected chi connectivity index (χ1v) is 11.0. The maximum absolute atomic E-state index is 13.3. The molecule has 0 saturated carbocycles. The molecule has 1 aliphatic rings. The number of ether oxygens (including phenoxy) is 1. The van der Waals surface area contributed by atoms with Gasteiger partial charge in [0.05, 0.1) is 24.8 Å². The molecule has 1 aromatic carbocycles. The number of hydrogen-bond donors (Lipinski definition) is 1. The number of rotatable bonds is 5. The largest absolute Gasteiger partial charge is 0.451 e. The first-order chi connectivity index (χ1) is 16.6. The number of carbonyl (C=O) groups excluding carboxylic acids is 1. The monoisotopic (exact) mass is 487 g/mol. The number of pyridine rings is 1. The van der Waals surface area contributed by atoms with Crippen molar-refractivity contribution in [1.29, 1.82) is 0 Å². The summed E-state index contributed by atoms with van der Waals surface area (Å²) in [5.74, 6) is -1.74. The molecule has 0 radical (unpaired) electrons. The molecule has 1 fully saturated rings. The molecule has 0 bridgehead atoms. The Morgan fingerprint density at radius 1 is 1.11 bits per heavy atom. The zero-order valence-corrected chi connectivity index (χ0v) is 19.2. The van der Waals surface area contributed by atoms with E-state index in [4.69, 9.17) is 4.74 Å². The van der Waals surface area contributed by atoms with Crippen LogP contribution in [0.3, 0.4) is 0 Å². The minimum atomic E-state index is -4.65. The summed E-state index contributed by atoms with van der Waals surface area (Å²) in [6, 6.07) is 8.19. The van der Waals surface area contributed by atoms with Gasteiger partial charge in [0.2, 0.25) is 5.82 Å². The van der Waals surface area contributed by atoms with E-state index in [2.05, 4.69) is 15.3 Å². The van der Waals surface area contributed by atoms with Gasteiger partial charge in [-0.3, -0.25) is 14.2 Å². The average Bonchev–Trinajstić information content (AvgIpc) is 2.85. The molecule has 1 N–H and O–H groups in total. The molecular weight excluding hydrogens is 463 g/mol. The van der Waals surface area contributed by atoms with Crippen molar-refractivity contribution >= 4 is 11.6 Å². The molecule has 8 nitrogen and oxygen atoms in total. The first kappa shape index (κ1) is 24.4. The maximum atomic E-state index is 13.3. The Morgan fingerprint density at radius 3 is 2.34 bits per heavy atom. The summed E-state index contributed by atoms with van der Waals surface area (Å²) in [6.07, 6.45) is -1.12. The highest BCUT2D eigenvalue weighted by atomic mass is 19.4. The van der Waals surface area contributed by atoms with Gasteiger partial charge in [-0.1, -0.05) is 17.7 Å². The van der Waals surface area contributed by atoms with Gasteiger partial charge in [0.15, 0.2) is 0 Å². The third kappa shape index (κ3) is 5.51. The molecule has 11 heteroatoms. The highest BCUT2D eigenvalue weighted by Gasteiger charge is 2.34. The number of anilines is 1. The van der Waals surface area contributed by atoms with Crippen molar-refractivity contribution in [3.05, 3.63) is 81.8 Å². The Labute approximate surface area is 199 Å². The van der Waals surface area contributed by atoms with Gasteiger partial charge in [0.25, 0.3) is 11.5 Å². The van der Waals surface area contributed by atoms with Crippen LogP contribution in [0.4, 0.5) is 18.9 Å². The Hall–Kier alpha value is -3.73. The quantitative estimate of drug-likeness (QED) is 0.594. The number of carbonyl (C=O) groups is 1. The minimum Gasteiger partial charge on any atom is -0.378 e. The lowest BCUT2D eigenvalue weighted by Crippen LogP contribution is -2.40. The molecular formula is C24H24F3N5O3. The SMILES string of the molecule is Cc1ccc(-n2cc(C(=O)N[C@H](C)c3cnc(C(F)(F)F)nc3)cc(N3CCOCC3)c2=O)cc1. The van der Waals surface area contributed by atoms with Crippen LogP contribution in [-0.4, -0.2) is 46.7 Å². The van der Waals surface area contributed by atoms with E-state index in [-0.39, 0.29) is 11.1 Å². The van der Waals surface area contributed by atoms with Gasteiger partial charge < -0.3 is 15.0 Å². The van der Waals surface area contributed by atoms with Crippen LogP contribution in [0.5, 0.6) is 0 Å². The second-order valence-corrected chi connectivity index (χ2v) is 8.26. The van der Waals surface area contributed by atoms with Gasteiger partial charge in [0.1, 0.15) is 5.69 Å². The van der Waals surface area contributed by atoms with Crippen molar-refractivity contribution in [3.8, 4) is 5.69 Å². The van der Waals surface area contributed by atoms with Crippen molar-refractivity contribution in [2.24, 2.45) is 0 Å². The number of morpholine rings is 1. The van der Waals surface area contributed by atoms with E-state index >= 15 is 0 Å². The van der Waals surface area contributed by atoms with Crippen LogP contribution < -0.4 is 15.8 Å². The fraction of sp³-hybridized carbons (Fsp3) is 0.333. The fourth-order valence-electron chi connectivity index (χ4n) is 3.69. The van der Waals surface area contributed by atoms with Gasteiger partial charge in [-0.15, -0.1) is 0 Å². The molecule has 1 aliphatic heterocycles. The number of hydrogen-bond acceptors (Lipinski definition) is 6. The second-order valence-electron chi connectivity index (χ2n) is 8.26. The van der Waals surface area contributed by atoms with Gasteiger partial charge in [-0.05, 0) is 32.0 Å². The Bertz CT molecular complexity index is 1250. The smallest absolute Gasteiger partial charge is 0.378 e. The standard InChI is InChI=1S/C24H24F3N5O3/c1-15-3-5-19(6-4-15)32-14-17(11-20(22(32)34)31-7-9-35-10-8-31)21(33)30-16(2)18-12-28-23(29-13-18)24(25,26)27/h3-6,11-14,16H,7-10H2,1-2H3,(H,30,33)/t16-/m1/s1. The number of aryl methyl sites for hydroxylation is 1. The molecule has 4 rings (SSSR count). The Balaban J connectivity index is 1.65. The van der Waals surface area contributed by atoms with Crippen LogP contribution in [0.15, 0.2) is 53.7 Å². The minimum absolute atomic E-state index is 0.228. The molecule has 184 valence electrons. The number of nitrogens with one attached hydrogen (secondary N) is 1. The van der Waals surface area contributed by atoms with Gasteiger partial charge in [-0.2, -0.15) is 13.2 Å². The van der Waals surface area contributed by atoms with Crippen LogP contribution in [0.1, 0.15) is 40.3 Å². The van der Waals surface area contributed by atoms with E-state index < -0.39 is 23.9 Å². The van der Waals surface area contributed by atoms with E-state index in [1.54, 1.807) is 19.1 Å². The highest BCUT2D eigenvalue weighted by Crippen LogP contribution is 2.26. The predicted molar refractivity (Wildman–Crippen MR) is 123 cm³/mol. The first-order valence-electron chi connectivity index (χ1n) is 11.0. The van der Waals surface area contributed by atoms with E-state index in [0.29, 0.717) is 43.2 Å². The molecule has 3 aromatic rings. The van der Waals surface area contributed by atoms with Crippen LogP contribution >= 0.6 is 0 Å². The molecule has 3 heterocycles. The molecule has 1 atom stereocenters. The van der Waals surface area contributed by atoms with Crippen molar-refractivity contribution in [2.45, 2.75) is 26.1 Å². The number of nitrogens with zero attached hydrogens (tertiary/aromatic N) is 4. The van der Waals surface area contributed by atoms with Crippen LogP contribution in [0.25, 0.3) is 5.69 Å². The third-order valence-corrected chi connectivity index (χ3v) is 5.70. The number of aromatic nitrogens is 3. The zero-order valence-electron chi connectivity index (χ0n) is 19.2. The summed E-state index contributed by atoms with van der Waals surface area (Å²) in [6.45, 7) is 5.49. The molecule has 1 saturated heterocycles. The molecule has 0 unspecified atom stereocenters. The lowest BCUT2D eigenvalue weighted by Gasteiger charge is -2.29. The summed E-state index contributed by atoms with van der Waals surface area (Å²) in [5, 5.41) is 2.75. The molecule has 35 heavy (non-hydrogen) atoms. The normalized spacial score (nSPS) is 15.1. The molecule has 1 amide bonds. The van der Waals surface area contributed by atoms with E-state index in [0.717, 1.165) is 18.0 Å². The van der Waals surface area contributed by atoms with Gasteiger partial charge in [0, 0.05) is 42.9 Å². The predicted octanol–water partition coefficient (Wildman–Crippen LogP) is 3.28. The summed E-state index contributed by atoms with van der Waals surface area (Å²) >= 11 is 0.